The topological polar surface area (TPSA) is 159 Å². The Balaban J connectivity index is 0. The first kappa shape index (κ1) is 29.9. The van der Waals surface area contributed by atoms with E-state index in [0.717, 1.165) is 5.56 Å². The number of carboxylic acid groups (broad SMARTS) is 1. The van der Waals surface area contributed by atoms with Crippen molar-refractivity contribution in [1.29, 1.82) is 0 Å². The molecule has 9 nitrogen and oxygen atoms in total. The monoisotopic (exact) mass is 448 g/mol. The molecule has 0 heterocycles. The Morgan fingerprint density at radius 2 is 1.73 bits per heavy atom. The molecule has 0 bridgehead atoms. The van der Waals surface area contributed by atoms with Crippen LogP contribution in [0.5, 0.6) is 11.5 Å². The summed E-state index contributed by atoms with van der Waals surface area (Å²) in [5, 5.41) is 8.31. The Labute approximate surface area is 179 Å². The highest BCUT2D eigenvalue weighted by atomic mass is 32.2. The van der Waals surface area contributed by atoms with E-state index < -0.39 is 21.8 Å². The van der Waals surface area contributed by atoms with E-state index in [9.17, 15) is 18.0 Å². The molecule has 0 spiro atoms. The maximum atomic E-state index is 11.1. The van der Waals surface area contributed by atoms with E-state index in [1.165, 1.54) is 13.2 Å². The minimum atomic E-state index is -2.94. The summed E-state index contributed by atoms with van der Waals surface area (Å²) in [5.74, 6) is 0.570. The van der Waals surface area contributed by atoms with E-state index in [-0.39, 0.29) is 11.7 Å². The van der Waals surface area contributed by atoms with Crippen molar-refractivity contribution in [3.8, 4) is 11.5 Å². The lowest BCUT2D eigenvalue weighted by atomic mass is 10.1. The number of ether oxygens (including phenoxy) is 2. The first-order chi connectivity index (χ1) is 13.7. The highest BCUT2D eigenvalue weighted by Crippen LogP contribution is 2.28. The standard InChI is InChI=1S/C12H18O4S.C6H13NO2.C2H5NO/c1-4-16-12-9-10(5-6-11(12)15-2)7-8-17(3,13)14;1-4(2)3-5(7)6(8)9;1-2(3)4/h5-6,9H,4,7-8H2,1-3H3;4-5H,3,7H2,1-2H3,(H,8,9);1H3,(H2,3,4)/t;5-;/m.0./s1. The van der Waals surface area contributed by atoms with Crippen LogP contribution >= 0.6 is 0 Å². The molecular weight excluding hydrogens is 412 g/mol. The van der Waals surface area contributed by atoms with Gasteiger partial charge in [0.25, 0.3) is 0 Å². The van der Waals surface area contributed by atoms with E-state index in [0.29, 0.717) is 36.9 Å². The summed E-state index contributed by atoms with van der Waals surface area (Å²) in [6, 6.07) is 4.79. The molecule has 1 aromatic rings. The predicted molar refractivity (Wildman–Crippen MR) is 118 cm³/mol. The molecule has 0 aliphatic rings. The van der Waals surface area contributed by atoms with E-state index in [1.54, 1.807) is 13.2 Å². The van der Waals surface area contributed by atoms with Crippen LogP contribution in [0.3, 0.4) is 0 Å². The number of rotatable bonds is 9. The number of aryl methyl sites for hydroxylation is 1. The zero-order valence-electron chi connectivity index (χ0n) is 18.7. The molecule has 5 N–H and O–H groups in total. The van der Waals surface area contributed by atoms with Gasteiger partial charge in [-0.15, -0.1) is 0 Å². The Hall–Kier alpha value is -2.33. The van der Waals surface area contributed by atoms with Crippen LogP contribution in [0, 0.1) is 5.92 Å². The van der Waals surface area contributed by atoms with Gasteiger partial charge in [0.05, 0.1) is 19.5 Å². The van der Waals surface area contributed by atoms with Gasteiger partial charge >= 0.3 is 5.97 Å². The molecule has 0 aliphatic heterocycles. The van der Waals surface area contributed by atoms with Gasteiger partial charge in [-0.25, -0.2) is 8.42 Å². The lowest BCUT2D eigenvalue weighted by Crippen LogP contribution is -2.31. The summed E-state index contributed by atoms with van der Waals surface area (Å²) in [6.45, 7) is 7.64. The fourth-order valence-electron chi connectivity index (χ4n) is 2.06. The number of benzene rings is 1. The zero-order valence-corrected chi connectivity index (χ0v) is 19.5. The van der Waals surface area contributed by atoms with Crippen molar-refractivity contribution >= 4 is 21.7 Å². The molecule has 0 saturated heterocycles. The second-order valence-electron chi connectivity index (χ2n) is 6.98. The normalized spacial score (nSPS) is 11.3. The van der Waals surface area contributed by atoms with E-state index in [2.05, 4.69) is 5.73 Å². The van der Waals surface area contributed by atoms with Gasteiger partial charge in [0.2, 0.25) is 5.91 Å². The van der Waals surface area contributed by atoms with Gasteiger partial charge in [-0.3, -0.25) is 9.59 Å². The molecule has 174 valence electrons. The minimum absolute atomic E-state index is 0.144. The van der Waals surface area contributed by atoms with Crippen molar-refractivity contribution in [2.45, 2.75) is 46.6 Å². The molecule has 0 saturated carbocycles. The molecule has 30 heavy (non-hydrogen) atoms. The van der Waals surface area contributed by atoms with Gasteiger partial charge in [0.15, 0.2) is 11.5 Å². The van der Waals surface area contributed by atoms with Crippen LogP contribution in [-0.2, 0) is 25.8 Å². The molecule has 10 heteroatoms. The number of carboxylic acids is 1. The van der Waals surface area contributed by atoms with Crippen molar-refractivity contribution in [3.63, 3.8) is 0 Å². The number of carbonyl (C=O) groups is 2. The second-order valence-corrected chi connectivity index (χ2v) is 9.24. The van der Waals surface area contributed by atoms with E-state index >= 15 is 0 Å². The maximum absolute atomic E-state index is 11.1. The average molecular weight is 449 g/mol. The van der Waals surface area contributed by atoms with Crippen molar-refractivity contribution in [1.82, 2.24) is 0 Å². The number of amides is 1. The van der Waals surface area contributed by atoms with E-state index in [1.807, 2.05) is 32.9 Å². The smallest absolute Gasteiger partial charge is 0.320 e. The number of methoxy groups -OCH3 is 1. The quantitative estimate of drug-likeness (QED) is 0.514. The third kappa shape index (κ3) is 17.7. The lowest BCUT2D eigenvalue weighted by Gasteiger charge is -2.10. The summed E-state index contributed by atoms with van der Waals surface area (Å²) in [5.41, 5.74) is 10.6. The van der Waals surface area contributed by atoms with Gasteiger partial charge in [-0.2, -0.15) is 0 Å². The number of hydrogen-bond acceptors (Lipinski definition) is 7. The summed E-state index contributed by atoms with van der Waals surface area (Å²) in [4.78, 5) is 19.3. The Morgan fingerprint density at radius 1 is 1.20 bits per heavy atom. The largest absolute Gasteiger partial charge is 0.493 e. The third-order valence-electron chi connectivity index (χ3n) is 3.33. The molecule has 0 radical (unpaired) electrons. The maximum Gasteiger partial charge on any atom is 0.320 e. The number of primary amides is 1. The first-order valence-corrected chi connectivity index (χ1v) is 11.5. The molecule has 0 aliphatic carbocycles. The molecule has 1 aromatic carbocycles. The summed E-state index contributed by atoms with van der Waals surface area (Å²) >= 11 is 0. The van der Waals surface area contributed by atoms with Crippen molar-refractivity contribution < 1.29 is 32.6 Å². The van der Waals surface area contributed by atoms with Gasteiger partial charge < -0.3 is 26.0 Å². The molecule has 1 atom stereocenters. The van der Waals surface area contributed by atoms with Crippen molar-refractivity contribution in [3.05, 3.63) is 23.8 Å². The van der Waals surface area contributed by atoms with Crippen molar-refractivity contribution in [2.24, 2.45) is 17.4 Å². The van der Waals surface area contributed by atoms with Crippen LogP contribution in [0.2, 0.25) is 0 Å². The van der Waals surface area contributed by atoms with Gasteiger partial charge in [0, 0.05) is 13.2 Å². The zero-order chi connectivity index (χ0) is 23.9. The average Bonchev–Trinajstić information content (AvgIpc) is 2.59. The van der Waals surface area contributed by atoms with Gasteiger partial charge in [-0.05, 0) is 43.4 Å². The molecule has 1 amide bonds. The highest BCUT2D eigenvalue weighted by Gasteiger charge is 2.12. The summed E-state index contributed by atoms with van der Waals surface area (Å²) in [6.07, 6.45) is 2.28. The van der Waals surface area contributed by atoms with Crippen LogP contribution < -0.4 is 20.9 Å². The SMILES string of the molecule is CC(C)C[C@H](N)C(=O)O.CC(N)=O.CCOc1cc(CCS(C)(=O)=O)ccc1OC. The molecule has 0 fully saturated rings. The molecule has 1 rings (SSSR count). The Kier molecular flexibility index (Phi) is 15.4. The fourth-order valence-corrected chi connectivity index (χ4v) is 2.66. The molecule has 0 unspecified atom stereocenters. The number of hydrogen-bond donors (Lipinski definition) is 3. The van der Waals surface area contributed by atoms with Crippen LogP contribution in [0.15, 0.2) is 18.2 Å². The molecular formula is C20H36N2O7S. The van der Waals surface area contributed by atoms with E-state index in [4.69, 9.17) is 20.3 Å². The first-order valence-electron chi connectivity index (χ1n) is 9.45. The number of nitrogens with two attached hydrogens (primary N) is 2. The van der Waals surface area contributed by atoms with Crippen molar-refractivity contribution in [2.75, 3.05) is 25.7 Å². The predicted octanol–water partition coefficient (Wildman–Crippen LogP) is 1.62. The summed E-state index contributed by atoms with van der Waals surface area (Å²) in [7, 11) is -1.36. The Morgan fingerprint density at radius 3 is 2.07 bits per heavy atom. The number of carbonyl (C=O) groups excluding carboxylic acids is 1. The fraction of sp³-hybridized carbons (Fsp3) is 0.600. The summed E-state index contributed by atoms with van der Waals surface area (Å²) < 4.78 is 32.7. The minimum Gasteiger partial charge on any atom is -0.493 e. The van der Waals surface area contributed by atoms with Crippen LogP contribution in [-0.4, -0.2) is 57.2 Å². The third-order valence-corrected chi connectivity index (χ3v) is 4.28. The van der Waals surface area contributed by atoms with Crippen LogP contribution in [0.25, 0.3) is 0 Å². The van der Waals surface area contributed by atoms with Gasteiger partial charge in [-0.1, -0.05) is 19.9 Å². The van der Waals surface area contributed by atoms with Crippen LogP contribution in [0.1, 0.15) is 39.7 Å². The molecule has 0 aromatic heterocycles. The number of aliphatic carboxylic acids is 1. The highest BCUT2D eigenvalue weighted by molar-refractivity contribution is 7.90. The van der Waals surface area contributed by atoms with Gasteiger partial charge in [0.1, 0.15) is 15.9 Å². The number of sulfone groups is 1. The second kappa shape index (κ2) is 15.5. The van der Waals surface area contributed by atoms with Crippen LogP contribution in [0.4, 0.5) is 0 Å². The lowest BCUT2D eigenvalue weighted by molar-refractivity contribution is -0.138. The Bertz CT molecular complexity index is 746.